The van der Waals surface area contributed by atoms with Gasteiger partial charge in [0.2, 0.25) is 5.91 Å². The number of carbonyl (C=O) groups is 3. The zero-order chi connectivity index (χ0) is 20.9. The van der Waals surface area contributed by atoms with Gasteiger partial charge in [-0.25, -0.2) is 8.42 Å². The van der Waals surface area contributed by atoms with Gasteiger partial charge in [-0.1, -0.05) is 42.5 Å². The Bertz CT molecular complexity index is 1030. The third-order valence-electron chi connectivity index (χ3n) is 4.67. The molecule has 2 aromatic carbocycles. The summed E-state index contributed by atoms with van der Waals surface area (Å²) in [5.41, 5.74) is 5.13. The van der Waals surface area contributed by atoms with Gasteiger partial charge in [0.25, 0.3) is 5.91 Å². The molecule has 8 nitrogen and oxygen atoms in total. The van der Waals surface area contributed by atoms with Crippen LogP contribution >= 0.6 is 0 Å². The predicted molar refractivity (Wildman–Crippen MR) is 106 cm³/mol. The molecule has 0 saturated carbocycles. The first-order chi connectivity index (χ1) is 13.8. The Hall–Kier alpha value is -2.94. The van der Waals surface area contributed by atoms with Crippen molar-refractivity contribution in [2.45, 2.75) is 19.3 Å². The lowest BCUT2D eigenvalue weighted by Crippen LogP contribution is -2.44. The Balaban J connectivity index is 1.37. The Morgan fingerprint density at radius 3 is 2.45 bits per heavy atom. The van der Waals surface area contributed by atoms with Crippen molar-refractivity contribution < 1.29 is 27.5 Å². The summed E-state index contributed by atoms with van der Waals surface area (Å²) in [6.07, 6.45) is 0.484. The number of nitrogens with one attached hydrogen (secondary N) is 2. The van der Waals surface area contributed by atoms with Crippen LogP contribution in [0.1, 0.15) is 18.4 Å². The highest BCUT2D eigenvalue weighted by Crippen LogP contribution is 2.21. The van der Waals surface area contributed by atoms with Crippen molar-refractivity contribution >= 4 is 38.4 Å². The van der Waals surface area contributed by atoms with E-state index in [0.29, 0.717) is 6.42 Å². The number of amides is 2. The van der Waals surface area contributed by atoms with Crippen molar-refractivity contribution in [3.8, 4) is 0 Å². The van der Waals surface area contributed by atoms with E-state index in [2.05, 4.69) is 10.9 Å². The van der Waals surface area contributed by atoms with Crippen molar-refractivity contribution in [3.63, 3.8) is 0 Å². The Kier molecular flexibility index (Phi) is 6.48. The fraction of sp³-hybridized carbons (Fsp3) is 0.350. The molecule has 0 bridgehead atoms. The first-order valence-electron chi connectivity index (χ1n) is 9.22. The highest BCUT2D eigenvalue weighted by atomic mass is 32.2. The molecule has 1 aliphatic rings. The standard InChI is InChI=1S/C20H22N2O6S/c23-18(10-15-7-8-29(26,27)13-15)21-22-19(24)12-28-20(25)11-14-5-6-16-3-1-2-4-17(16)9-14/h1-6,9,15H,7-8,10-13H2,(H,21,23)(H,22,24)/t15-/m0/s1. The quantitative estimate of drug-likeness (QED) is 0.531. The summed E-state index contributed by atoms with van der Waals surface area (Å²) >= 11 is 0. The maximum atomic E-state index is 11.9. The molecule has 154 valence electrons. The van der Waals surface area contributed by atoms with E-state index < -0.39 is 34.2 Å². The second-order valence-corrected chi connectivity index (χ2v) is 9.32. The zero-order valence-electron chi connectivity index (χ0n) is 15.7. The van der Waals surface area contributed by atoms with Crippen LogP contribution in [0.3, 0.4) is 0 Å². The Morgan fingerprint density at radius 1 is 1.00 bits per heavy atom. The third kappa shape index (κ3) is 6.28. The van der Waals surface area contributed by atoms with E-state index in [-0.39, 0.29) is 30.3 Å². The van der Waals surface area contributed by atoms with E-state index in [9.17, 15) is 22.8 Å². The minimum absolute atomic E-state index is 0.0131. The van der Waals surface area contributed by atoms with E-state index in [1.54, 1.807) is 0 Å². The molecule has 9 heteroatoms. The normalized spacial score (nSPS) is 17.6. The number of hydrogen-bond donors (Lipinski definition) is 2. The number of esters is 1. The van der Waals surface area contributed by atoms with Crippen LogP contribution in [-0.2, 0) is 35.4 Å². The van der Waals surface area contributed by atoms with Crippen LogP contribution in [0.5, 0.6) is 0 Å². The van der Waals surface area contributed by atoms with Crippen LogP contribution < -0.4 is 10.9 Å². The van der Waals surface area contributed by atoms with Gasteiger partial charge in [0.05, 0.1) is 17.9 Å². The molecular formula is C20H22N2O6S. The highest BCUT2D eigenvalue weighted by Gasteiger charge is 2.29. The minimum Gasteiger partial charge on any atom is -0.455 e. The fourth-order valence-electron chi connectivity index (χ4n) is 3.23. The molecule has 29 heavy (non-hydrogen) atoms. The maximum absolute atomic E-state index is 11.9. The lowest BCUT2D eigenvalue weighted by molar-refractivity contribution is -0.148. The van der Waals surface area contributed by atoms with E-state index in [1.807, 2.05) is 42.5 Å². The van der Waals surface area contributed by atoms with Gasteiger partial charge in [-0.05, 0) is 28.7 Å². The van der Waals surface area contributed by atoms with Gasteiger partial charge in [-0.15, -0.1) is 0 Å². The lowest BCUT2D eigenvalue weighted by Gasteiger charge is -2.10. The molecule has 2 aromatic rings. The molecule has 0 spiro atoms. The van der Waals surface area contributed by atoms with E-state index in [1.165, 1.54) is 0 Å². The minimum atomic E-state index is -3.05. The van der Waals surface area contributed by atoms with Crippen LogP contribution in [0, 0.1) is 5.92 Å². The van der Waals surface area contributed by atoms with Crippen molar-refractivity contribution in [2.75, 3.05) is 18.1 Å². The Morgan fingerprint density at radius 2 is 1.72 bits per heavy atom. The van der Waals surface area contributed by atoms with Crippen LogP contribution in [0.4, 0.5) is 0 Å². The number of ether oxygens (including phenoxy) is 1. The number of hydrazine groups is 1. The topological polar surface area (TPSA) is 119 Å². The van der Waals surface area contributed by atoms with Crippen molar-refractivity contribution in [1.82, 2.24) is 10.9 Å². The maximum Gasteiger partial charge on any atom is 0.310 e. The second kappa shape index (κ2) is 9.04. The van der Waals surface area contributed by atoms with Crippen LogP contribution in [0.25, 0.3) is 10.8 Å². The van der Waals surface area contributed by atoms with Crippen molar-refractivity contribution in [2.24, 2.45) is 5.92 Å². The highest BCUT2D eigenvalue weighted by molar-refractivity contribution is 7.91. The van der Waals surface area contributed by atoms with Gasteiger partial charge in [-0.2, -0.15) is 0 Å². The number of benzene rings is 2. The molecule has 0 radical (unpaired) electrons. The predicted octanol–water partition coefficient (Wildman–Crippen LogP) is 0.898. The van der Waals surface area contributed by atoms with E-state index >= 15 is 0 Å². The smallest absolute Gasteiger partial charge is 0.310 e. The summed E-state index contributed by atoms with van der Waals surface area (Å²) in [4.78, 5) is 35.4. The third-order valence-corrected chi connectivity index (χ3v) is 6.51. The second-order valence-electron chi connectivity index (χ2n) is 7.09. The first kappa shape index (κ1) is 20.8. The van der Waals surface area contributed by atoms with Crippen LogP contribution in [-0.4, -0.2) is 44.3 Å². The molecule has 0 aliphatic carbocycles. The zero-order valence-corrected chi connectivity index (χ0v) is 16.5. The molecule has 1 fully saturated rings. The number of rotatable bonds is 6. The molecule has 0 aromatic heterocycles. The summed E-state index contributed by atoms with van der Waals surface area (Å²) < 4.78 is 27.7. The van der Waals surface area contributed by atoms with Gasteiger partial charge in [0.15, 0.2) is 16.4 Å². The molecule has 0 unspecified atom stereocenters. The van der Waals surface area contributed by atoms with Gasteiger partial charge in [0.1, 0.15) is 0 Å². The molecule has 3 rings (SSSR count). The summed E-state index contributed by atoms with van der Waals surface area (Å²) in [5.74, 6) is -1.88. The van der Waals surface area contributed by atoms with Gasteiger partial charge >= 0.3 is 5.97 Å². The molecular weight excluding hydrogens is 396 g/mol. The number of sulfone groups is 1. The summed E-state index contributed by atoms with van der Waals surface area (Å²) in [5, 5.41) is 2.07. The number of hydrogen-bond acceptors (Lipinski definition) is 6. The average molecular weight is 418 g/mol. The van der Waals surface area contributed by atoms with E-state index in [4.69, 9.17) is 4.74 Å². The fourth-order valence-corrected chi connectivity index (χ4v) is 5.10. The monoisotopic (exact) mass is 418 g/mol. The summed E-state index contributed by atoms with van der Waals surface area (Å²) in [6.45, 7) is -0.523. The lowest BCUT2D eigenvalue weighted by atomic mass is 10.1. The number of fused-ring (bicyclic) bond motifs is 1. The Labute approximate surface area is 168 Å². The van der Waals surface area contributed by atoms with Crippen molar-refractivity contribution in [3.05, 3.63) is 48.0 Å². The van der Waals surface area contributed by atoms with E-state index in [0.717, 1.165) is 16.3 Å². The first-order valence-corrected chi connectivity index (χ1v) is 11.0. The molecule has 1 aliphatic heterocycles. The molecule has 2 amide bonds. The number of carbonyl (C=O) groups excluding carboxylic acids is 3. The van der Waals surface area contributed by atoms with Crippen molar-refractivity contribution in [1.29, 1.82) is 0 Å². The van der Waals surface area contributed by atoms with Gasteiger partial charge < -0.3 is 4.74 Å². The molecule has 1 heterocycles. The molecule has 1 saturated heterocycles. The van der Waals surface area contributed by atoms with Crippen LogP contribution in [0.15, 0.2) is 42.5 Å². The summed E-state index contributed by atoms with van der Waals surface area (Å²) in [7, 11) is -3.05. The largest absolute Gasteiger partial charge is 0.455 e. The van der Waals surface area contributed by atoms with Gasteiger partial charge in [-0.3, -0.25) is 25.2 Å². The average Bonchev–Trinajstić information content (AvgIpc) is 3.02. The molecule has 2 N–H and O–H groups in total. The molecule has 1 atom stereocenters. The van der Waals surface area contributed by atoms with Crippen LogP contribution in [0.2, 0.25) is 0 Å². The summed E-state index contributed by atoms with van der Waals surface area (Å²) in [6, 6.07) is 13.4. The van der Waals surface area contributed by atoms with Gasteiger partial charge in [0, 0.05) is 6.42 Å². The SMILES string of the molecule is O=C(COC(=O)Cc1ccc2ccccc2c1)NNC(=O)C[C@@H]1CCS(=O)(=O)C1.